The fourth-order valence-electron chi connectivity index (χ4n) is 3.40. The summed E-state index contributed by atoms with van der Waals surface area (Å²) < 4.78 is 21.1. The van der Waals surface area contributed by atoms with E-state index in [1.165, 1.54) is 6.07 Å². The SMILES string of the molecule is COCCN(CCOC)Cc1c(O)c(CCC(=O)OC(C)C)cc2c(C)cc(=O)oc12. The number of rotatable bonds is 12. The molecule has 1 aromatic carbocycles. The topological polar surface area (TPSA) is 98.4 Å². The van der Waals surface area contributed by atoms with Crippen LogP contribution in [0.2, 0.25) is 0 Å². The minimum atomic E-state index is -0.473. The number of methoxy groups -OCH3 is 2. The van der Waals surface area contributed by atoms with Crippen LogP contribution in [-0.2, 0) is 32.0 Å². The molecule has 8 nitrogen and oxygen atoms in total. The molecule has 0 aliphatic carbocycles. The maximum Gasteiger partial charge on any atom is 0.336 e. The Kier molecular flexibility index (Phi) is 9.48. The Morgan fingerprint density at radius 3 is 2.39 bits per heavy atom. The van der Waals surface area contributed by atoms with Crippen LogP contribution in [0.4, 0.5) is 0 Å². The van der Waals surface area contributed by atoms with Gasteiger partial charge < -0.3 is 23.7 Å². The molecule has 2 rings (SSSR count). The highest BCUT2D eigenvalue weighted by Gasteiger charge is 2.20. The van der Waals surface area contributed by atoms with E-state index in [0.717, 1.165) is 10.9 Å². The van der Waals surface area contributed by atoms with Crippen molar-refractivity contribution in [3.63, 3.8) is 0 Å². The van der Waals surface area contributed by atoms with Crippen molar-refractivity contribution in [1.82, 2.24) is 4.90 Å². The van der Waals surface area contributed by atoms with Gasteiger partial charge in [-0.3, -0.25) is 9.69 Å². The molecule has 0 unspecified atom stereocenters. The predicted octanol–water partition coefficient (Wildman–Crippen LogP) is 2.79. The summed E-state index contributed by atoms with van der Waals surface area (Å²) in [7, 11) is 3.25. The fourth-order valence-corrected chi connectivity index (χ4v) is 3.40. The molecule has 0 spiro atoms. The zero-order chi connectivity index (χ0) is 23.0. The van der Waals surface area contributed by atoms with Crippen molar-refractivity contribution < 1.29 is 28.5 Å². The van der Waals surface area contributed by atoms with Gasteiger partial charge in [0.15, 0.2) is 0 Å². The van der Waals surface area contributed by atoms with E-state index in [0.29, 0.717) is 56.0 Å². The number of benzene rings is 1. The second-order valence-corrected chi connectivity index (χ2v) is 7.79. The Hall–Kier alpha value is -2.42. The summed E-state index contributed by atoms with van der Waals surface area (Å²) in [4.78, 5) is 26.1. The van der Waals surface area contributed by atoms with Gasteiger partial charge in [-0.15, -0.1) is 0 Å². The Bertz CT molecular complexity index is 928. The normalized spacial score (nSPS) is 11.6. The lowest BCUT2D eigenvalue weighted by Crippen LogP contribution is -2.30. The monoisotopic (exact) mass is 435 g/mol. The van der Waals surface area contributed by atoms with Gasteiger partial charge >= 0.3 is 11.6 Å². The van der Waals surface area contributed by atoms with Crippen LogP contribution >= 0.6 is 0 Å². The molecule has 1 N–H and O–H groups in total. The van der Waals surface area contributed by atoms with Gasteiger partial charge in [-0.1, -0.05) is 0 Å². The number of fused-ring (bicyclic) bond motifs is 1. The molecule has 0 amide bonds. The van der Waals surface area contributed by atoms with Gasteiger partial charge in [0.2, 0.25) is 0 Å². The van der Waals surface area contributed by atoms with E-state index < -0.39 is 5.63 Å². The van der Waals surface area contributed by atoms with Crippen molar-refractivity contribution in [2.45, 2.75) is 46.3 Å². The van der Waals surface area contributed by atoms with Crippen LogP contribution in [0.5, 0.6) is 5.75 Å². The Balaban J connectivity index is 2.46. The highest BCUT2D eigenvalue weighted by atomic mass is 16.5. The highest BCUT2D eigenvalue weighted by Crippen LogP contribution is 2.34. The number of ether oxygens (including phenoxy) is 3. The fraction of sp³-hybridized carbons (Fsp3) is 0.565. The molecule has 0 fully saturated rings. The van der Waals surface area contributed by atoms with Gasteiger partial charge in [-0.05, 0) is 44.4 Å². The van der Waals surface area contributed by atoms with Crippen molar-refractivity contribution in [3.05, 3.63) is 39.2 Å². The number of esters is 1. The van der Waals surface area contributed by atoms with Crippen molar-refractivity contribution >= 4 is 16.9 Å². The Morgan fingerprint density at radius 2 is 1.81 bits per heavy atom. The minimum Gasteiger partial charge on any atom is -0.507 e. The number of carbonyl (C=O) groups excluding carboxylic acids is 1. The second-order valence-electron chi connectivity index (χ2n) is 7.79. The summed E-state index contributed by atoms with van der Waals surface area (Å²) >= 11 is 0. The predicted molar refractivity (Wildman–Crippen MR) is 117 cm³/mol. The van der Waals surface area contributed by atoms with Crippen LogP contribution in [-0.4, -0.2) is 62.6 Å². The van der Waals surface area contributed by atoms with E-state index in [1.807, 2.05) is 6.92 Å². The summed E-state index contributed by atoms with van der Waals surface area (Å²) in [6.07, 6.45) is 0.262. The lowest BCUT2D eigenvalue weighted by atomic mass is 9.98. The number of aryl methyl sites for hydroxylation is 2. The van der Waals surface area contributed by atoms with Crippen molar-refractivity contribution in [2.24, 2.45) is 0 Å². The standard InChI is InChI=1S/C23H33NO7/c1-15(2)30-20(25)7-6-17-13-18-16(3)12-21(26)31-23(18)19(22(17)27)14-24(8-10-28-4)9-11-29-5/h12-13,15,27H,6-11,14H2,1-5H3. The minimum absolute atomic E-state index is 0.0263. The number of phenols is 1. The molecule has 0 saturated heterocycles. The first kappa shape index (κ1) is 24.8. The van der Waals surface area contributed by atoms with E-state index in [9.17, 15) is 14.7 Å². The van der Waals surface area contributed by atoms with Crippen molar-refractivity contribution in [1.29, 1.82) is 0 Å². The quantitative estimate of drug-likeness (QED) is 0.401. The third kappa shape index (κ3) is 7.05. The first-order valence-electron chi connectivity index (χ1n) is 10.4. The molecule has 0 aliphatic heterocycles. The number of nitrogens with zero attached hydrogens (tertiary/aromatic N) is 1. The summed E-state index contributed by atoms with van der Waals surface area (Å²) in [6, 6.07) is 3.21. The maximum atomic E-state index is 12.0. The molecule has 0 radical (unpaired) electrons. The second kappa shape index (κ2) is 11.8. The van der Waals surface area contributed by atoms with Crippen LogP contribution in [0.1, 0.15) is 37.0 Å². The lowest BCUT2D eigenvalue weighted by molar-refractivity contribution is -0.147. The molecule has 1 heterocycles. The molecule has 172 valence electrons. The molecular weight excluding hydrogens is 402 g/mol. The number of aromatic hydroxyl groups is 1. The van der Waals surface area contributed by atoms with E-state index in [2.05, 4.69) is 4.90 Å². The number of hydrogen-bond donors (Lipinski definition) is 1. The van der Waals surface area contributed by atoms with Gasteiger partial charge in [-0.25, -0.2) is 4.79 Å². The molecule has 8 heteroatoms. The Labute approximate surface area is 182 Å². The largest absolute Gasteiger partial charge is 0.507 e. The van der Waals surface area contributed by atoms with Crippen LogP contribution in [0.25, 0.3) is 11.0 Å². The summed E-state index contributed by atoms with van der Waals surface area (Å²) in [6.45, 7) is 7.99. The maximum absolute atomic E-state index is 12.0. The zero-order valence-corrected chi connectivity index (χ0v) is 19.0. The van der Waals surface area contributed by atoms with Gasteiger partial charge in [0, 0.05) is 51.7 Å². The van der Waals surface area contributed by atoms with Crippen molar-refractivity contribution in [3.8, 4) is 5.75 Å². The number of carbonyl (C=O) groups is 1. The number of hydrogen-bond acceptors (Lipinski definition) is 8. The molecule has 0 atom stereocenters. The van der Waals surface area contributed by atoms with Gasteiger partial charge in [-0.2, -0.15) is 0 Å². The third-order valence-corrected chi connectivity index (χ3v) is 4.96. The molecule has 31 heavy (non-hydrogen) atoms. The van der Waals surface area contributed by atoms with Crippen LogP contribution in [0.15, 0.2) is 21.3 Å². The highest BCUT2D eigenvalue weighted by molar-refractivity contribution is 5.86. The first-order valence-corrected chi connectivity index (χ1v) is 10.4. The molecule has 0 saturated carbocycles. The van der Waals surface area contributed by atoms with Crippen LogP contribution < -0.4 is 5.63 Å². The van der Waals surface area contributed by atoms with Gasteiger partial charge in [0.25, 0.3) is 0 Å². The molecular formula is C23H33NO7. The first-order chi connectivity index (χ1) is 14.8. The zero-order valence-electron chi connectivity index (χ0n) is 19.0. The third-order valence-electron chi connectivity index (χ3n) is 4.96. The lowest BCUT2D eigenvalue weighted by Gasteiger charge is -2.23. The van der Waals surface area contributed by atoms with Crippen molar-refractivity contribution in [2.75, 3.05) is 40.5 Å². The smallest absolute Gasteiger partial charge is 0.336 e. The molecule has 1 aromatic heterocycles. The number of phenolic OH excluding ortho intramolecular Hbond substituents is 1. The molecule has 0 aliphatic rings. The molecule has 0 bridgehead atoms. The summed E-state index contributed by atoms with van der Waals surface area (Å²) in [5.74, 6) is -0.299. The van der Waals surface area contributed by atoms with Crippen LogP contribution in [0.3, 0.4) is 0 Å². The average Bonchev–Trinajstić information content (AvgIpc) is 2.70. The van der Waals surface area contributed by atoms with E-state index in [-0.39, 0.29) is 24.2 Å². The van der Waals surface area contributed by atoms with E-state index in [4.69, 9.17) is 18.6 Å². The van der Waals surface area contributed by atoms with E-state index in [1.54, 1.807) is 34.1 Å². The average molecular weight is 436 g/mol. The molecule has 2 aromatic rings. The van der Waals surface area contributed by atoms with E-state index >= 15 is 0 Å². The Morgan fingerprint density at radius 1 is 1.16 bits per heavy atom. The summed E-state index contributed by atoms with van der Waals surface area (Å²) in [5, 5.41) is 11.8. The van der Waals surface area contributed by atoms with Crippen LogP contribution in [0, 0.1) is 6.92 Å². The van der Waals surface area contributed by atoms with Gasteiger partial charge in [0.05, 0.1) is 24.9 Å². The van der Waals surface area contributed by atoms with Gasteiger partial charge in [0.1, 0.15) is 11.3 Å². The summed E-state index contributed by atoms with van der Waals surface area (Å²) in [5.41, 5.74) is 1.75.